The third kappa shape index (κ3) is 6.40. The second kappa shape index (κ2) is 10.9. The van der Waals surface area contributed by atoms with Crippen molar-refractivity contribution < 1.29 is 27.4 Å². The zero-order valence-electron chi connectivity index (χ0n) is 19.3. The summed E-state index contributed by atoms with van der Waals surface area (Å²) in [7, 11) is 1.69. The fourth-order valence-corrected chi connectivity index (χ4v) is 4.02. The lowest BCUT2D eigenvalue weighted by molar-refractivity contribution is -0.274. The summed E-state index contributed by atoms with van der Waals surface area (Å²) in [6.07, 6.45) is 1.06. The number of carbonyl (C=O) groups is 1. The number of aromatic nitrogens is 3. The van der Waals surface area contributed by atoms with Gasteiger partial charge in [0, 0.05) is 64.4 Å². The van der Waals surface area contributed by atoms with E-state index >= 15 is 0 Å². The SMILES string of the molecule is COCCCN1CCN(C(=O)CNc2c(-c3ccc(OC(F)(F)F)cc3)nc3cnccn23)CC1. The van der Waals surface area contributed by atoms with E-state index in [0.29, 0.717) is 35.8 Å². The summed E-state index contributed by atoms with van der Waals surface area (Å²) in [4.78, 5) is 25.7. The van der Waals surface area contributed by atoms with Gasteiger partial charge in [-0.2, -0.15) is 0 Å². The molecule has 1 aliphatic rings. The van der Waals surface area contributed by atoms with E-state index in [1.165, 1.54) is 24.3 Å². The molecule has 0 saturated carbocycles. The molecule has 0 unspecified atom stereocenters. The third-order valence-electron chi connectivity index (χ3n) is 5.75. The molecule has 4 rings (SSSR count). The maximum Gasteiger partial charge on any atom is 0.573 e. The molecule has 2 aromatic heterocycles. The van der Waals surface area contributed by atoms with Gasteiger partial charge in [-0.25, -0.2) is 4.98 Å². The summed E-state index contributed by atoms with van der Waals surface area (Å²) >= 11 is 0. The van der Waals surface area contributed by atoms with Gasteiger partial charge in [0.2, 0.25) is 5.91 Å². The number of hydrogen-bond acceptors (Lipinski definition) is 7. The summed E-state index contributed by atoms with van der Waals surface area (Å²) in [5.41, 5.74) is 1.60. The Morgan fingerprint density at radius 1 is 1.14 bits per heavy atom. The normalized spacial score (nSPS) is 14.9. The van der Waals surface area contributed by atoms with Crippen LogP contribution in [0.1, 0.15) is 6.42 Å². The fraction of sp³-hybridized carbons (Fsp3) is 0.435. The number of halogens is 3. The molecule has 3 aromatic rings. The number of nitrogens with zero attached hydrogens (tertiary/aromatic N) is 5. The van der Waals surface area contributed by atoms with Crippen LogP contribution in [-0.2, 0) is 9.53 Å². The number of nitrogens with one attached hydrogen (secondary N) is 1. The molecule has 1 aliphatic heterocycles. The molecular weight excluding hydrogens is 465 g/mol. The lowest BCUT2D eigenvalue weighted by Crippen LogP contribution is -2.50. The first-order chi connectivity index (χ1) is 16.8. The predicted octanol–water partition coefficient (Wildman–Crippen LogP) is 2.89. The molecule has 188 valence electrons. The Morgan fingerprint density at radius 2 is 1.89 bits per heavy atom. The number of ether oxygens (including phenoxy) is 2. The first-order valence-corrected chi connectivity index (χ1v) is 11.3. The van der Waals surface area contributed by atoms with Gasteiger partial charge < -0.3 is 19.7 Å². The summed E-state index contributed by atoms with van der Waals surface area (Å²) in [5.74, 6) is 0.196. The van der Waals surface area contributed by atoms with E-state index in [4.69, 9.17) is 4.74 Å². The molecule has 9 nitrogen and oxygen atoms in total. The number of anilines is 1. The Morgan fingerprint density at radius 3 is 2.57 bits per heavy atom. The van der Waals surface area contributed by atoms with Gasteiger partial charge in [0.25, 0.3) is 0 Å². The lowest BCUT2D eigenvalue weighted by Gasteiger charge is -2.34. The summed E-state index contributed by atoms with van der Waals surface area (Å²) < 4.78 is 48.3. The van der Waals surface area contributed by atoms with Gasteiger partial charge in [-0.05, 0) is 30.7 Å². The monoisotopic (exact) mass is 492 g/mol. The van der Waals surface area contributed by atoms with Crippen LogP contribution in [0.2, 0.25) is 0 Å². The number of methoxy groups -OCH3 is 1. The highest BCUT2D eigenvalue weighted by atomic mass is 19.4. The zero-order chi connectivity index (χ0) is 24.8. The van der Waals surface area contributed by atoms with Crippen molar-refractivity contribution in [1.29, 1.82) is 0 Å². The molecule has 0 bridgehead atoms. The van der Waals surface area contributed by atoms with E-state index in [9.17, 15) is 18.0 Å². The smallest absolute Gasteiger partial charge is 0.406 e. The van der Waals surface area contributed by atoms with Crippen molar-refractivity contribution in [2.45, 2.75) is 12.8 Å². The quantitative estimate of drug-likeness (QED) is 0.460. The van der Waals surface area contributed by atoms with Crippen LogP contribution in [0.3, 0.4) is 0 Å². The molecule has 0 atom stereocenters. The van der Waals surface area contributed by atoms with Crippen molar-refractivity contribution in [3.8, 4) is 17.0 Å². The lowest BCUT2D eigenvalue weighted by atomic mass is 10.1. The first-order valence-electron chi connectivity index (χ1n) is 11.3. The first kappa shape index (κ1) is 24.7. The Hall–Kier alpha value is -3.38. The van der Waals surface area contributed by atoms with Crippen molar-refractivity contribution in [2.75, 3.05) is 58.3 Å². The number of benzene rings is 1. The number of piperazine rings is 1. The van der Waals surface area contributed by atoms with Gasteiger partial charge in [-0.3, -0.25) is 19.1 Å². The fourth-order valence-electron chi connectivity index (χ4n) is 4.02. The minimum atomic E-state index is -4.77. The maximum atomic E-state index is 12.9. The number of imidazole rings is 1. The molecule has 1 N–H and O–H groups in total. The van der Waals surface area contributed by atoms with Gasteiger partial charge >= 0.3 is 6.36 Å². The highest BCUT2D eigenvalue weighted by molar-refractivity contribution is 5.84. The van der Waals surface area contributed by atoms with Crippen LogP contribution in [0.15, 0.2) is 42.9 Å². The van der Waals surface area contributed by atoms with Crippen LogP contribution in [0.25, 0.3) is 16.9 Å². The minimum absolute atomic E-state index is 0.0366. The molecule has 12 heteroatoms. The second-order valence-electron chi connectivity index (χ2n) is 8.11. The van der Waals surface area contributed by atoms with Gasteiger partial charge in [-0.1, -0.05) is 0 Å². The van der Waals surface area contributed by atoms with E-state index in [1.807, 2.05) is 4.90 Å². The summed E-state index contributed by atoms with van der Waals surface area (Å²) in [6, 6.07) is 5.44. The molecule has 0 radical (unpaired) electrons. The molecule has 0 spiro atoms. The molecule has 0 aliphatic carbocycles. The highest BCUT2D eigenvalue weighted by Gasteiger charge is 2.31. The van der Waals surface area contributed by atoms with E-state index in [1.54, 1.807) is 30.1 Å². The number of fused-ring (bicyclic) bond motifs is 1. The largest absolute Gasteiger partial charge is 0.573 e. The Balaban J connectivity index is 1.44. The van der Waals surface area contributed by atoms with Gasteiger partial charge in [0.05, 0.1) is 12.7 Å². The predicted molar refractivity (Wildman–Crippen MR) is 123 cm³/mol. The van der Waals surface area contributed by atoms with Gasteiger partial charge in [-0.15, -0.1) is 13.2 Å². The average molecular weight is 493 g/mol. The van der Waals surface area contributed by atoms with Crippen LogP contribution in [-0.4, -0.2) is 89.4 Å². The van der Waals surface area contributed by atoms with E-state index in [0.717, 1.165) is 32.7 Å². The number of carbonyl (C=O) groups excluding carboxylic acids is 1. The van der Waals surface area contributed by atoms with Crippen LogP contribution >= 0.6 is 0 Å². The summed E-state index contributed by atoms with van der Waals surface area (Å²) in [5, 5.41) is 3.18. The molecule has 35 heavy (non-hydrogen) atoms. The van der Waals surface area contributed by atoms with Crippen molar-refractivity contribution in [2.24, 2.45) is 0 Å². The Kier molecular flexibility index (Phi) is 7.71. The summed E-state index contributed by atoms with van der Waals surface area (Å²) in [6.45, 7) is 4.65. The molecular formula is C23H27F3N6O3. The van der Waals surface area contributed by atoms with Gasteiger partial charge in [0.15, 0.2) is 5.65 Å². The van der Waals surface area contributed by atoms with Crippen molar-refractivity contribution in [3.63, 3.8) is 0 Å². The number of amides is 1. The number of rotatable bonds is 9. The maximum absolute atomic E-state index is 12.9. The third-order valence-corrected chi connectivity index (χ3v) is 5.75. The standard InChI is InChI=1S/C23H27F3N6O3/c1-34-14-2-8-30-10-12-31(13-11-30)20(33)16-28-22-21(29-19-15-27-7-9-32(19)22)17-3-5-18(6-4-17)35-23(24,25)26/h3-7,9,15,28H,2,8,10-14,16H2,1H3. The van der Waals surface area contributed by atoms with Crippen molar-refractivity contribution in [3.05, 3.63) is 42.9 Å². The number of alkyl halides is 3. The van der Waals surface area contributed by atoms with Crippen LogP contribution in [0.4, 0.5) is 19.0 Å². The van der Waals surface area contributed by atoms with Crippen molar-refractivity contribution in [1.82, 2.24) is 24.2 Å². The van der Waals surface area contributed by atoms with Crippen molar-refractivity contribution >= 4 is 17.4 Å². The Labute approximate surface area is 200 Å². The molecule has 3 heterocycles. The minimum Gasteiger partial charge on any atom is -0.406 e. The zero-order valence-corrected chi connectivity index (χ0v) is 19.3. The van der Waals surface area contributed by atoms with E-state index in [-0.39, 0.29) is 18.2 Å². The average Bonchev–Trinajstić information content (AvgIpc) is 3.21. The molecule has 1 aromatic carbocycles. The van der Waals surface area contributed by atoms with Crippen LogP contribution in [0, 0.1) is 0 Å². The van der Waals surface area contributed by atoms with E-state index < -0.39 is 6.36 Å². The molecule has 1 fully saturated rings. The molecule has 1 amide bonds. The topological polar surface area (TPSA) is 84.2 Å². The Bertz CT molecular complexity index is 1130. The van der Waals surface area contributed by atoms with Gasteiger partial charge in [0.1, 0.15) is 17.3 Å². The second-order valence-corrected chi connectivity index (χ2v) is 8.11. The van der Waals surface area contributed by atoms with Crippen LogP contribution < -0.4 is 10.1 Å². The number of hydrogen-bond donors (Lipinski definition) is 1. The molecule has 1 saturated heterocycles. The highest BCUT2D eigenvalue weighted by Crippen LogP contribution is 2.31. The van der Waals surface area contributed by atoms with Crippen LogP contribution in [0.5, 0.6) is 5.75 Å². The van der Waals surface area contributed by atoms with E-state index in [2.05, 4.69) is 24.9 Å².